The highest BCUT2D eigenvalue weighted by atomic mass is 15.0. The van der Waals surface area contributed by atoms with Crippen molar-refractivity contribution in [2.45, 2.75) is 6.92 Å². The Morgan fingerprint density at radius 2 is 1.25 bits per heavy atom. The van der Waals surface area contributed by atoms with E-state index in [0.717, 1.165) is 0 Å². The van der Waals surface area contributed by atoms with Gasteiger partial charge in [0.15, 0.2) is 0 Å². The van der Waals surface area contributed by atoms with E-state index in [1.54, 1.807) is 0 Å². The number of benzene rings is 4. The zero-order valence-electron chi connectivity index (χ0n) is 15.9. The summed E-state index contributed by atoms with van der Waals surface area (Å²) in [4.78, 5) is 0. The van der Waals surface area contributed by atoms with Crippen molar-refractivity contribution in [3.63, 3.8) is 0 Å². The summed E-state index contributed by atoms with van der Waals surface area (Å²) in [6.45, 7) is 6.13. The van der Waals surface area contributed by atoms with Crippen LogP contribution in [0.3, 0.4) is 0 Å². The van der Waals surface area contributed by atoms with E-state index in [4.69, 9.17) is 0 Å². The van der Waals surface area contributed by atoms with Gasteiger partial charge in [0, 0.05) is 16.2 Å². The molecular weight excluding hydrogens is 338 g/mol. The predicted octanol–water partition coefficient (Wildman–Crippen LogP) is 7.61. The lowest BCUT2D eigenvalue weighted by Crippen LogP contribution is -1.98. The zero-order chi connectivity index (χ0) is 19.1. The van der Waals surface area contributed by atoms with Gasteiger partial charge in [-0.15, -0.1) is 0 Å². The third-order valence-corrected chi connectivity index (χ3v) is 5.47. The van der Waals surface area contributed by atoms with E-state index in [1.807, 2.05) is 6.08 Å². The average Bonchev–Trinajstić information content (AvgIpc) is 3.08. The molecule has 0 unspecified atom stereocenters. The molecule has 1 aromatic heterocycles. The Bertz CT molecular complexity index is 1330. The van der Waals surface area contributed by atoms with Crippen LogP contribution in [0.4, 0.5) is 0 Å². The van der Waals surface area contributed by atoms with Gasteiger partial charge in [0.2, 0.25) is 0 Å². The molecule has 0 amide bonds. The van der Waals surface area contributed by atoms with Gasteiger partial charge in [-0.25, -0.2) is 0 Å². The van der Waals surface area contributed by atoms with Crippen LogP contribution in [-0.2, 0) is 0 Å². The minimum atomic E-state index is 1.18. The summed E-state index contributed by atoms with van der Waals surface area (Å²) in [7, 11) is 0. The van der Waals surface area contributed by atoms with Crippen molar-refractivity contribution in [3.05, 3.63) is 103 Å². The first-order chi connectivity index (χ1) is 13.8. The minimum absolute atomic E-state index is 1.18. The smallest absolute Gasteiger partial charge is 0.0546 e. The van der Waals surface area contributed by atoms with Crippen molar-refractivity contribution < 1.29 is 0 Å². The van der Waals surface area contributed by atoms with Gasteiger partial charge in [0.25, 0.3) is 0 Å². The molecule has 0 saturated carbocycles. The van der Waals surface area contributed by atoms with Gasteiger partial charge in [-0.05, 0) is 41.6 Å². The second-order valence-electron chi connectivity index (χ2n) is 7.02. The van der Waals surface area contributed by atoms with Crippen molar-refractivity contribution in [1.29, 1.82) is 0 Å². The molecule has 0 fully saturated rings. The summed E-state index contributed by atoms with van der Waals surface area (Å²) in [5.74, 6) is 0. The third kappa shape index (κ3) is 2.33. The Hall–Kier alpha value is -3.58. The number of aromatic nitrogens is 1. The maximum absolute atomic E-state index is 4.08. The van der Waals surface area contributed by atoms with Gasteiger partial charge in [-0.3, -0.25) is 0 Å². The number of allylic oxidation sites excluding steroid dienone is 1. The number of hydrogen-bond acceptors (Lipinski definition) is 0. The monoisotopic (exact) mass is 359 g/mol. The molecule has 1 heterocycles. The Labute approximate surface area is 164 Å². The summed E-state index contributed by atoms with van der Waals surface area (Å²) in [5.41, 5.74) is 6.02. The summed E-state index contributed by atoms with van der Waals surface area (Å²) in [6, 6.07) is 28.2. The lowest BCUT2D eigenvalue weighted by molar-refractivity contribution is 1.20. The first-order valence-electron chi connectivity index (χ1n) is 9.63. The molecule has 0 radical (unpaired) electrons. The van der Waals surface area contributed by atoms with Crippen molar-refractivity contribution in [2.75, 3.05) is 0 Å². The molecule has 0 aliphatic heterocycles. The van der Waals surface area contributed by atoms with Crippen molar-refractivity contribution in [1.82, 2.24) is 4.57 Å². The number of rotatable bonds is 3. The van der Waals surface area contributed by atoms with Crippen LogP contribution in [0.5, 0.6) is 0 Å². The summed E-state index contributed by atoms with van der Waals surface area (Å²) in [5, 5.41) is 5.02. The van der Waals surface area contributed by atoms with Crippen LogP contribution in [0.2, 0.25) is 0 Å². The fourth-order valence-electron chi connectivity index (χ4n) is 4.31. The van der Waals surface area contributed by atoms with Gasteiger partial charge >= 0.3 is 0 Å². The number of hydrogen-bond donors (Lipinski definition) is 0. The van der Waals surface area contributed by atoms with E-state index in [-0.39, 0.29) is 0 Å². The molecule has 0 saturated heterocycles. The van der Waals surface area contributed by atoms with E-state index >= 15 is 0 Å². The Morgan fingerprint density at radius 3 is 1.82 bits per heavy atom. The Balaban J connectivity index is 2.02. The van der Waals surface area contributed by atoms with Crippen LogP contribution in [0.1, 0.15) is 18.1 Å². The largest absolute Gasteiger partial charge is 0.309 e. The molecule has 28 heavy (non-hydrogen) atoms. The topological polar surface area (TPSA) is 4.93 Å². The summed E-state index contributed by atoms with van der Waals surface area (Å²) >= 11 is 0. The summed E-state index contributed by atoms with van der Waals surface area (Å²) in [6.07, 6.45) is 6.22. The van der Waals surface area contributed by atoms with Crippen LogP contribution in [0, 0.1) is 0 Å². The molecule has 134 valence electrons. The molecule has 0 bridgehead atoms. The fourth-order valence-corrected chi connectivity index (χ4v) is 4.31. The van der Waals surface area contributed by atoms with Gasteiger partial charge in [-0.1, -0.05) is 85.5 Å². The molecule has 1 nitrogen and oxygen atoms in total. The SMILES string of the molecule is C=Cc1c(/C=C\C)cc(-n2c3ccccc3c3ccccc32)c2ccccc12. The molecule has 0 spiro atoms. The van der Waals surface area contributed by atoms with E-state index in [2.05, 4.69) is 109 Å². The number of fused-ring (bicyclic) bond motifs is 4. The average molecular weight is 359 g/mol. The highest BCUT2D eigenvalue weighted by Crippen LogP contribution is 2.37. The van der Waals surface area contributed by atoms with Gasteiger partial charge in [0.1, 0.15) is 0 Å². The molecule has 5 aromatic rings. The van der Waals surface area contributed by atoms with Crippen molar-refractivity contribution >= 4 is 44.7 Å². The zero-order valence-corrected chi connectivity index (χ0v) is 15.9. The number of para-hydroxylation sites is 2. The first kappa shape index (κ1) is 16.6. The highest BCUT2D eigenvalue weighted by molar-refractivity contribution is 6.11. The third-order valence-electron chi connectivity index (χ3n) is 5.47. The lowest BCUT2D eigenvalue weighted by Gasteiger charge is -2.16. The fraction of sp³-hybridized carbons (Fsp3) is 0.0370. The Morgan fingerprint density at radius 1 is 0.714 bits per heavy atom. The molecule has 0 aliphatic carbocycles. The molecule has 1 heteroatoms. The second kappa shape index (κ2) is 6.54. The van der Waals surface area contributed by atoms with E-state index in [9.17, 15) is 0 Å². The normalized spacial score (nSPS) is 11.8. The highest BCUT2D eigenvalue weighted by Gasteiger charge is 2.15. The molecular formula is C27H21N. The van der Waals surface area contributed by atoms with Crippen molar-refractivity contribution in [3.8, 4) is 5.69 Å². The van der Waals surface area contributed by atoms with Gasteiger partial charge in [-0.2, -0.15) is 0 Å². The van der Waals surface area contributed by atoms with Crippen LogP contribution < -0.4 is 0 Å². The van der Waals surface area contributed by atoms with E-state index in [0.29, 0.717) is 0 Å². The first-order valence-corrected chi connectivity index (χ1v) is 9.63. The molecule has 0 atom stereocenters. The van der Waals surface area contributed by atoms with Gasteiger partial charge in [0.05, 0.1) is 16.7 Å². The van der Waals surface area contributed by atoms with Crippen LogP contribution in [0.25, 0.3) is 50.4 Å². The lowest BCUT2D eigenvalue weighted by atomic mass is 9.96. The van der Waals surface area contributed by atoms with Crippen LogP contribution >= 0.6 is 0 Å². The maximum atomic E-state index is 4.08. The number of nitrogens with zero attached hydrogens (tertiary/aromatic N) is 1. The van der Waals surface area contributed by atoms with Crippen molar-refractivity contribution in [2.24, 2.45) is 0 Å². The standard InChI is InChI=1S/C27H21N/c1-3-11-19-18-27(22-13-6-5-12-21(22)20(19)4-2)28-25-16-9-7-14-23(25)24-15-8-10-17-26(24)28/h3-18H,2H2,1H3/b11-3-. The minimum Gasteiger partial charge on any atom is -0.309 e. The van der Waals surface area contributed by atoms with Crippen LogP contribution in [0.15, 0.2) is 91.5 Å². The predicted molar refractivity (Wildman–Crippen MR) is 123 cm³/mol. The van der Waals surface area contributed by atoms with E-state index in [1.165, 1.54) is 49.4 Å². The molecule has 0 aliphatic rings. The van der Waals surface area contributed by atoms with Gasteiger partial charge < -0.3 is 4.57 Å². The van der Waals surface area contributed by atoms with Crippen LogP contribution in [-0.4, -0.2) is 4.57 Å². The maximum Gasteiger partial charge on any atom is 0.0546 e. The van der Waals surface area contributed by atoms with E-state index < -0.39 is 0 Å². The second-order valence-corrected chi connectivity index (χ2v) is 7.02. The quantitative estimate of drug-likeness (QED) is 0.312. The molecule has 5 rings (SSSR count). The molecule has 0 N–H and O–H groups in total. The summed E-state index contributed by atoms with van der Waals surface area (Å²) < 4.78 is 2.40. The Kier molecular flexibility index (Phi) is 3.87. The molecule has 4 aromatic carbocycles.